The predicted molar refractivity (Wildman–Crippen MR) is 163 cm³/mol. The summed E-state index contributed by atoms with van der Waals surface area (Å²) in [7, 11) is 0. The maximum Gasteiger partial charge on any atom is 0.508 e. The van der Waals surface area contributed by atoms with E-state index in [-0.39, 0.29) is 39.6 Å². The summed E-state index contributed by atoms with van der Waals surface area (Å²) < 4.78 is 47.5. The lowest BCUT2D eigenvalue weighted by Gasteiger charge is -2.31. The van der Waals surface area contributed by atoms with E-state index in [4.69, 9.17) is 42.6 Å². The van der Waals surface area contributed by atoms with Crippen molar-refractivity contribution in [2.45, 2.75) is 141 Å². The van der Waals surface area contributed by atoms with Gasteiger partial charge in [-0.05, 0) is 80.1 Å². The van der Waals surface area contributed by atoms with E-state index in [2.05, 4.69) is 0 Å². The molecule has 0 bridgehead atoms. The fraction of sp³-hybridized carbons (Fsp3) is 0.875. The number of hydrogen-bond donors (Lipinski definition) is 2. The van der Waals surface area contributed by atoms with Gasteiger partial charge >= 0.3 is 24.2 Å². The monoisotopic (exact) mass is 678 g/mol. The number of esters is 2. The third-order valence-corrected chi connectivity index (χ3v) is 7.67. The maximum atomic E-state index is 12.5. The summed E-state index contributed by atoms with van der Waals surface area (Å²) >= 11 is 0. The van der Waals surface area contributed by atoms with E-state index in [9.17, 15) is 29.4 Å². The van der Waals surface area contributed by atoms with Crippen molar-refractivity contribution in [1.82, 2.24) is 0 Å². The van der Waals surface area contributed by atoms with Crippen LogP contribution in [0.2, 0.25) is 0 Å². The zero-order valence-electron chi connectivity index (χ0n) is 28.6. The van der Waals surface area contributed by atoms with Crippen LogP contribution in [0, 0.1) is 0 Å². The Morgan fingerprint density at radius 2 is 0.979 bits per heavy atom. The summed E-state index contributed by atoms with van der Waals surface area (Å²) in [5.41, 5.74) is -2.59. The van der Waals surface area contributed by atoms with Crippen molar-refractivity contribution < 1.29 is 72.0 Å². The largest absolute Gasteiger partial charge is 0.508 e. The second-order valence-electron chi connectivity index (χ2n) is 12.9. The minimum atomic E-state index is -1.29. The van der Waals surface area contributed by atoms with Crippen LogP contribution >= 0.6 is 0 Å². The molecule has 2 aliphatic rings. The van der Waals surface area contributed by atoms with E-state index in [0.29, 0.717) is 25.7 Å². The van der Waals surface area contributed by atoms with E-state index in [1.807, 2.05) is 0 Å². The average molecular weight is 679 g/mol. The molecule has 47 heavy (non-hydrogen) atoms. The van der Waals surface area contributed by atoms with Crippen molar-refractivity contribution in [3.63, 3.8) is 0 Å². The van der Waals surface area contributed by atoms with Crippen LogP contribution in [0.25, 0.3) is 0 Å². The van der Waals surface area contributed by atoms with E-state index < -0.39 is 72.1 Å². The topological polar surface area (TPSA) is 192 Å². The first kappa shape index (κ1) is 40.5. The van der Waals surface area contributed by atoms with Crippen LogP contribution in [0.5, 0.6) is 0 Å². The third kappa shape index (κ3) is 15.4. The summed E-state index contributed by atoms with van der Waals surface area (Å²) in [5.74, 6) is -1.21. The van der Waals surface area contributed by atoms with Crippen LogP contribution in [0.4, 0.5) is 9.59 Å². The van der Waals surface area contributed by atoms with Crippen LogP contribution in [-0.4, -0.2) is 122 Å². The highest BCUT2D eigenvalue weighted by atomic mass is 16.7. The maximum absolute atomic E-state index is 12.5. The molecule has 0 saturated heterocycles. The number of carbonyl (C=O) groups excluding carboxylic acids is 4. The first-order chi connectivity index (χ1) is 22.1. The molecule has 0 aromatic rings. The number of carbonyl (C=O) groups is 4. The van der Waals surface area contributed by atoms with Crippen molar-refractivity contribution in [3.8, 4) is 0 Å². The SMILES string of the molecule is CC(COCC(C)OC(=O)OCCOC(C)(C)C(=O)OC1CCCCC1O)OC(=O)OCCOC(C)(C)C(=O)OC1CCCCC1O. The molecule has 2 saturated carbocycles. The fourth-order valence-electron chi connectivity index (χ4n) is 4.81. The lowest BCUT2D eigenvalue weighted by atomic mass is 9.94. The van der Waals surface area contributed by atoms with Gasteiger partial charge in [-0.2, -0.15) is 0 Å². The second-order valence-corrected chi connectivity index (χ2v) is 12.9. The molecular formula is C32H54O15. The highest BCUT2D eigenvalue weighted by molar-refractivity contribution is 5.79. The van der Waals surface area contributed by atoms with Crippen LogP contribution in [-0.2, 0) is 52.2 Å². The molecule has 0 heterocycles. The van der Waals surface area contributed by atoms with Crippen LogP contribution in [0.15, 0.2) is 0 Å². The lowest BCUT2D eigenvalue weighted by Crippen LogP contribution is -2.43. The van der Waals surface area contributed by atoms with Crippen molar-refractivity contribution in [2.75, 3.05) is 39.6 Å². The molecule has 6 atom stereocenters. The lowest BCUT2D eigenvalue weighted by molar-refractivity contribution is -0.182. The van der Waals surface area contributed by atoms with E-state index in [1.165, 1.54) is 27.7 Å². The van der Waals surface area contributed by atoms with Crippen LogP contribution in [0.1, 0.15) is 92.9 Å². The molecule has 2 fully saturated rings. The molecule has 6 unspecified atom stereocenters. The van der Waals surface area contributed by atoms with Crippen molar-refractivity contribution >= 4 is 24.2 Å². The van der Waals surface area contributed by atoms with Gasteiger partial charge in [-0.15, -0.1) is 0 Å². The Balaban J connectivity index is 1.52. The van der Waals surface area contributed by atoms with Gasteiger partial charge in [-0.1, -0.05) is 12.8 Å². The Labute approximate surface area is 276 Å². The molecule has 15 heteroatoms. The van der Waals surface area contributed by atoms with Crippen molar-refractivity contribution in [1.29, 1.82) is 0 Å². The predicted octanol–water partition coefficient (Wildman–Crippen LogP) is 3.37. The summed E-state index contributed by atoms with van der Waals surface area (Å²) in [6, 6.07) is 0. The van der Waals surface area contributed by atoms with Gasteiger partial charge < -0.3 is 52.8 Å². The van der Waals surface area contributed by atoms with E-state index in [0.717, 1.165) is 25.7 Å². The Kier molecular flexibility index (Phi) is 17.2. The number of aliphatic hydroxyl groups is 2. The first-order valence-corrected chi connectivity index (χ1v) is 16.4. The molecule has 272 valence electrons. The normalized spacial score (nSPS) is 23.1. The van der Waals surface area contributed by atoms with Gasteiger partial charge in [-0.25, -0.2) is 19.2 Å². The van der Waals surface area contributed by atoms with Crippen molar-refractivity contribution in [2.24, 2.45) is 0 Å². The minimum absolute atomic E-state index is 0.00283. The molecule has 0 aromatic carbocycles. The molecule has 15 nitrogen and oxygen atoms in total. The van der Waals surface area contributed by atoms with Crippen LogP contribution < -0.4 is 0 Å². The second kappa shape index (κ2) is 19.9. The fourth-order valence-corrected chi connectivity index (χ4v) is 4.81. The molecule has 2 rings (SSSR count). The molecule has 0 spiro atoms. The smallest absolute Gasteiger partial charge is 0.457 e. The van der Waals surface area contributed by atoms with Gasteiger partial charge in [0.25, 0.3) is 0 Å². The quantitative estimate of drug-likeness (QED) is 0.122. The number of rotatable bonds is 18. The zero-order chi connectivity index (χ0) is 35.0. The van der Waals surface area contributed by atoms with Gasteiger partial charge in [0.05, 0.1) is 38.6 Å². The Hall–Kier alpha value is -2.72. The molecule has 2 N–H and O–H groups in total. The van der Waals surface area contributed by atoms with Crippen molar-refractivity contribution in [3.05, 3.63) is 0 Å². The molecule has 0 radical (unpaired) electrons. The number of ether oxygens (including phenoxy) is 9. The van der Waals surface area contributed by atoms with Gasteiger partial charge in [0, 0.05) is 0 Å². The first-order valence-electron chi connectivity index (χ1n) is 16.4. The molecule has 0 amide bonds. The third-order valence-electron chi connectivity index (χ3n) is 7.67. The van der Waals surface area contributed by atoms with Gasteiger partial charge in [0.15, 0.2) is 11.2 Å². The Bertz CT molecular complexity index is 908. The highest BCUT2D eigenvalue weighted by Gasteiger charge is 2.36. The van der Waals surface area contributed by atoms with E-state index >= 15 is 0 Å². The van der Waals surface area contributed by atoms with Gasteiger partial charge in [-0.3, -0.25) is 0 Å². The molecule has 0 aliphatic heterocycles. The summed E-state index contributed by atoms with van der Waals surface area (Å²) in [5, 5.41) is 20.0. The molecule has 0 aromatic heterocycles. The zero-order valence-corrected chi connectivity index (χ0v) is 28.6. The summed E-state index contributed by atoms with van der Waals surface area (Å²) in [6.45, 7) is 8.82. The van der Waals surface area contributed by atoms with Crippen LogP contribution in [0.3, 0.4) is 0 Å². The Morgan fingerprint density at radius 3 is 1.34 bits per heavy atom. The van der Waals surface area contributed by atoms with Gasteiger partial charge in [0.2, 0.25) is 0 Å². The average Bonchev–Trinajstić information content (AvgIpc) is 2.99. The minimum Gasteiger partial charge on any atom is -0.457 e. The number of aliphatic hydroxyl groups excluding tert-OH is 2. The van der Waals surface area contributed by atoms with Gasteiger partial charge in [0.1, 0.15) is 37.6 Å². The molecular weight excluding hydrogens is 624 g/mol. The Morgan fingerprint density at radius 1 is 0.617 bits per heavy atom. The van der Waals surface area contributed by atoms with E-state index in [1.54, 1.807) is 13.8 Å². The number of hydrogen-bond acceptors (Lipinski definition) is 15. The summed E-state index contributed by atoms with van der Waals surface area (Å²) in [4.78, 5) is 48.9. The standard InChI is InChI=1S/C32H54O15/c1-21(44-29(37)40-15-17-42-31(3,4)27(35)46-25-13-9-7-11-23(25)33)19-39-20-22(2)45-30(38)41-16-18-43-32(5,6)28(36)47-26-14-10-8-12-24(26)34/h21-26,33-34H,7-20H2,1-6H3. The molecule has 2 aliphatic carbocycles. The highest BCUT2D eigenvalue weighted by Crippen LogP contribution is 2.25. The summed E-state index contributed by atoms with van der Waals surface area (Å²) in [6.07, 6.45) is 0.205.